The zero-order chi connectivity index (χ0) is 13.4. The summed E-state index contributed by atoms with van der Waals surface area (Å²) in [6, 6.07) is -0.217. The summed E-state index contributed by atoms with van der Waals surface area (Å²) in [5, 5.41) is 3.02. The quantitative estimate of drug-likeness (QED) is 0.787. The minimum atomic E-state index is -4.50. The van der Waals surface area contributed by atoms with Gasteiger partial charge in [0, 0.05) is 25.7 Å². The third-order valence-corrected chi connectivity index (χ3v) is 5.24. The first kappa shape index (κ1) is 14.0. The second-order valence-electron chi connectivity index (χ2n) is 4.57. The summed E-state index contributed by atoms with van der Waals surface area (Å²) in [6.07, 6.45) is -3.41. The molecular weight excluding hydrogens is 271 g/mol. The van der Waals surface area contributed by atoms with Gasteiger partial charge in [0.05, 0.1) is 0 Å². The molecule has 2 aliphatic heterocycles. The molecule has 0 aromatic heterocycles. The monoisotopic (exact) mass is 287 g/mol. The summed E-state index contributed by atoms with van der Waals surface area (Å²) in [5.41, 5.74) is 0. The number of hydrogen-bond donors (Lipinski definition) is 1. The average Bonchev–Trinajstić information content (AvgIpc) is 2.72. The van der Waals surface area contributed by atoms with Gasteiger partial charge in [0.25, 0.3) is 10.2 Å². The van der Waals surface area contributed by atoms with Gasteiger partial charge in [-0.3, -0.25) is 0 Å². The molecular formula is C9H16F3N3O2S. The van der Waals surface area contributed by atoms with Crippen LogP contribution in [-0.2, 0) is 10.2 Å². The van der Waals surface area contributed by atoms with E-state index in [1.54, 1.807) is 0 Å². The van der Waals surface area contributed by atoms with Crippen LogP contribution in [0.4, 0.5) is 13.2 Å². The Kier molecular flexibility index (Phi) is 3.86. The molecule has 0 aliphatic carbocycles. The minimum absolute atomic E-state index is 0.0571. The van der Waals surface area contributed by atoms with Crippen LogP contribution >= 0.6 is 0 Å². The van der Waals surface area contributed by atoms with E-state index in [1.165, 1.54) is 4.31 Å². The molecule has 18 heavy (non-hydrogen) atoms. The van der Waals surface area contributed by atoms with Crippen molar-refractivity contribution in [2.24, 2.45) is 0 Å². The zero-order valence-corrected chi connectivity index (χ0v) is 10.6. The first-order valence-electron chi connectivity index (χ1n) is 5.85. The van der Waals surface area contributed by atoms with Gasteiger partial charge in [-0.25, -0.2) is 0 Å². The third-order valence-electron chi connectivity index (χ3n) is 3.21. The summed E-state index contributed by atoms with van der Waals surface area (Å²) in [6.45, 7) is 0.0720. The van der Waals surface area contributed by atoms with E-state index in [-0.39, 0.29) is 12.6 Å². The second kappa shape index (κ2) is 4.95. The number of nitrogens with zero attached hydrogens (tertiary/aromatic N) is 2. The van der Waals surface area contributed by atoms with Crippen molar-refractivity contribution in [3.05, 3.63) is 0 Å². The van der Waals surface area contributed by atoms with Gasteiger partial charge in [0.2, 0.25) is 0 Å². The lowest BCUT2D eigenvalue weighted by molar-refractivity contribution is -0.137. The molecule has 2 fully saturated rings. The molecule has 2 saturated heterocycles. The number of rotatable bonds is 2. The maximum Gasteiger partial charge on any atom is 0.402 e. The highest BCUT2D eigenvalue weighted by molar-refractivity contribution is 7.86. The van der Waals surface area contributed by atoms with E-state index < -0.39 is 22.9 Å². The van der Waals surface area contributed by atoms with Crippen LogP contribution in [0.1, 0.15) is 12.8 Å². The van der Waals surface area contributed by atoms with E-state index >= 15 is 0 Å². The van der Waals surface area contributed by atoms with Gasteiger partial charge < -0.3 is 5.32 Å². The lowest BCUT2D eigenvalue weighted by atomic mass is 10.2. The summed E-state index contributed by atoms with van der Waals surface area (Å²) in [4.78, 5) is 0. The van der Waals surface area contributed by atoms with Crippen LogP contribution in [0.15, 0.2) is 0 Å². The maximum absolute atomic E-state index is 12.4. The summed E-state index contributed by atoms with van der Waals surface area (Å²) in [5.74, 6) is 0. The molecule has 2 heterocycles. The molecule has 9 heteroatoms. The first-order chi connectivity index (χ1) is 8.31. The van der Waals surface area contributed by atoms with Crippen molar-refractivity contribution < 1.29 is 21.6 Å². The summed E-state index contributed by atoms with van der Waals surface area (Å²) >= 11 is 0. The molecule has 0 radical (unpaired) electrons. The number of nitrogens with one attached hydrogen (secondary N) is 1. The Morgan fingerprint density at radius 1 is 1.28 bits per heavy atom. The average molecular weight is 287 g/mol. The minimum Gasteiger partial charge on any atom is -0.315 e. The number of halogens is 3. The van der Waals surface area contributed by atoms with Crippen LogP contribution in [-0.4, -0.2) is 62.0 Å². The maximum atomic E-state index is 12.4. The molecule has 1 unspecified atom stereocenters. The van der Waals surface area contributed by atoms with Crippen molar-refractivity contribution in [1.29, 1.82) is 0 Å². The molecule has 0 spiro atoms. The Labute approximate surface area is 104 Å². The van der Waals surface area contributed by atoms with Crippen LogP contribution in [0.3, 0.4) is 0 Å². The fourth-order valence-corrected chi connectivity index (χ4v) is 4.28. The van der Waals surface area contributed by atoms with Gasteiger partial charge in [0.1, 0.15) is 6.54 Å². The number of hydrogen-bond acceptors (Lipinski definition) is 3. The van der Waals surface area contributed by atoms with E-state index in [0.29, 0.717) is 36.8 Å². The van der Waals surface area contributed by atoms with Gasteiger partial charge in [-0.05, 0) is 19.4 Å². The van der Waals surface area contributed by atoms with E-state index in [1.807, 2.05) is 0 Å². The van der Waals surface area contributed by atoms with Crippen molar-refractivity contribution in [2.45, 2.75) is 25.1 Å². The molecule has 1 atom stereocenters. The highest BCUT2D eigenvalue weighted by Gasteiger charge is 2.43. The SMILES string of the molecule is O=S1(=O)N(CC(F)(F)F)CCCN1C1CCNC1. The molecule has 2 rings (SSSR count). The largest absolute Gasteiger partial charge is 0.402 e. The highest BCUT2D eigenvalue weighted by Crippen LogP contribution is 2.26. The molecule has 0 bridgehead atoms. The van der Waals surface area contributed by atoms with E-state index in [4.69, 9.17) is 0 Å². The van der Waals surface area contributed by atoms with Crippen LogP contribution in [0.2, 0.25) is 0 Å². The zero-order valence-electron chi connectivity index (χ0n) is 9.78. The van der Waals surface area contributed by atoms with E-state index in [9.17, 15) is 21.6 Å². The van der Waals surface area contributed by atoms with Crippen molar-refractivity contribution in [3.8, 4) is 0 Å². The van der Waals surface area contributed by atoms with Gasteiger partial charge in [-0.2, -0.15) is 30.2 Å². The highest BCUT2D eigenvalue weighted by atomic mass is 32.2. The fourth-order valence-electron chi connectivity index (χ4n) is 2.40. The Morgan fingerprint density at radius 2 is 2.00 bits per heavy atom. The predicted octanol–water partition coefficient (Wildman–Crippen LogP) is 0.163. The Bertz CT molecular complexity index is 392. The Balaban J connectivity index is 2.14. The molecule has 0 saturated carbocycles. The van der Waals surface area contributed by atoms with Crippen molar-refractivity contribution >= 4 is 10.2 Å². The molecule has 0 aromatic rings. The lowest BCUT2D eigenvalue weighted by Gasteiger charge is -2.37. The van der Waals surface area contributed by atoms with Crippen molar-refractivity contribution in [1.82, 2.24) is 13.9 Å². The van der Waals surface area contributed by atoms with Gasteiger partial charge in [-0.15, -0.1) is 0 Å². The van der Waals surface area contributed by atoms with Gasteiger partial charge >= 0.3 is 6.18 Å². The first-order valence-corrected chi connectivity index (χ1v) is 7.25. The number of alkyl halides is 3. The molecule has 106 valence electrons. The van der Waals surface area contributed by atoms with Gasteiger partial charge in [0.15, 0.2) is 0 Å². The molecule has 5 nitrogen and oxygen atoms in total. The smallest absolute Gasteiger partial charge is 0.315 e. The summed E-state index contributed by atoms with van der Waals surface area (Å²) in [7, 11) is -3.97. The fraction of sp³-hybridized carbons (Fsp3) is 1.00. The molecule has 0 aromatic carbocycles. The van der Waals surface area contributed by atoms with Crippen LogP contribution in [0.5, 0.6) is 0 Å². The second-order valence-corrected chi connectivity index (χ2v) is 6.45. The predicted molar refractivity (Wildman–Crippen MR) is 59.1 cm³/mol. The van der Waals surface area contributed by atoms with E-state index in [2.05, 4.69) is 5.32 Å². The van der Waals surface area contributed by atoms with Gasteiger partial charge in [-0.1, -0.05) is 0 Å². The van der Waals surface area contributed by atoms with Crippen LogP contribution < -0.4 is 5.32 Å². The summed E-state index contributed by atoms with van der Waals surface area (Å²) < 4.78 is 63.0. The van der Waals surface area contributed by atoms with Crippen LogP contribution in [0, 0.1) is 0 Å². The van der Waals surface area contributed by atoms with E-state index in [0.717, 1.165) is 0 Å². The molecule has 0 amide bonds. The normalized spacial score (nSPS) is 30.7. The van der Waals surface area contributed by atoms with Crippen LogP contribution in [0.25, 0.3) is 0 Å². The Morgan fingerprint density at radius 3 is 2.56 bits per heavy atom. The van der Waals surface area contributed by atoms with Crippen molar-refractivity contribution in [2.75, 3.05) is 32.7 Å². The standard InChI is InChI=1S/C9H16F3N3O2S/c10-9(11,12)7-14-4-1-5-15(18(14,16)17)8-2-3-13-6-8/h8,13H,1-7H2. The molecule has 2 aliphatic rings. The Hall–Kier alpha value is -0.380. The lowest BCUT2D eigenvalue weighted by Crippen LogP contribution is -2.55. The van der Waals surface area contributed by atoms with Crippen molar-refractivity contribution in [3.63, 3.8) is 0 Å². The molecule has 1 N–H and O–H groups in total. The topological polar surface area (TPSA) is 52.7 Å². The third kappa shape index (κ3) is 2.95.